The Morgan fingerprint density at radius 1 is 1.33 bits per heavy atom. The zero-order valence-corrected chi connectivity index (χ0v) is 11.9. The Morgan fingerprint density at radius 2 is 2.19 bits per heavy atom. The molecule has 2 aliphatic heterocycles. The largest absolute Gasteiger partial charge is 0.504 e. The minimum absolute atomic E-state index is 0.196. The second kappa shape index (κ2) is 3.62. The van der Waals surface area contributed by atoms with Crippen LogP contribution in [0.3, 0.4) is 0 Å². The van der Waals surface area contributed by atoms with Crippen LogP contribution in [0.2, 0.25) is 0 Å². The van der Waals surface area contributed by atoms with Crippen molar-refractivity contribution in [1.82, 2.24) is 4.90 Å². The van der Waals surface area contributed by atoms with Crippen molar-refractivity contribution in [2.45, 2.75) is 30.4 Å². The zero-order chi connectivity index (χ0) is 14.4. The van der Waals surface area contributed by atoms with Crippen LogP contribution in [0.15, 0.2) is 24.3 Å². The van der Waals surface area contributed by atoms with Crippen molar-refractivity contribution in [1.29, 1.82) is 0 Å². The van der Waals surface area contributed by atoms with E-state index in [1.54, 1.807) is 12.1 Å². The van der Waals surface area contributed by atoms with Gasteiger partial charge in [0.15, 0.2) is 17.6 Å². The predicted molar refractivity (Wildman–Crippen MR) is 76.7 cm³/mol. The summed E-state index contributed by atoms with van der Waals surface area (Å²) in [5.41, 5.74) is 2.22. The monoisotopic (exact) mass is 284 g/mol. The molecule has 5 rings (SSSR count). The molecule has 4 aliphatic rings. The Balaban J connectivity index is 1.84. The van der Waals surface area contributed by atoms with Gasteiger partial charge in [0.1, 0.15) is 6.10 Å². The molecule has 0 unspecified atom stereocenters. The summed E-state index contributed by atoms with van der Waals surface area (Å²) in [5, 5.41) is 20.6. The van der Waals surface area contributed by atoms with Gasteiger partial charge in [-0.15, -0.1) is 0 Å². The van der Waals surface area contributed by atoms with Gasteiger partial charge in [0.25, 0.3) is 0 Å². The lowest BCUT2D eigenvalue weighted by atomic mass is 9.53. The number of nitrogens with zero attached hydrogens (tertiary/aromatic N) is 1. The molecule has 4 heteroatoms. The van der Waals surface area contributed by atoms with Gasteiger partial charge in [0.05, 0.1) is 0 Å². The van der Waals surface area contributed by atoms with Crippen LogP contribution in [0.1, 0.15) is 17.5 Å². The van der Waals surface area contributed by atoms with Crippen molar-refractivity contribution in [3.8, 4) is 11.5 Å². The lowest BCUT2D eigenvalue weighted by molar-refractivity contribution is -0.0137. The van der Waals surface area contributed by atoms with E-state index in [0.717, 1.165) is 24.9 Å². The maximum atomic E-state index is 10.4. The summed E-state index contributed by atoms with van der Waals surface area (Å²) in [7, 11) is 2.18. The molecule has 1 fully saturated rings. The number of aromatic hydroxyl groups is 1. The van der Waals surface area contributed by atoms with Crippen LogP contribution >= 0.6 is 0 Å². The summed E-state index contributed by atoms with van der Waals surface area (Å²) in [5.74, 6) is 1.13. The third-order valence-electron chi connectivity index (χ3n) is 6.02. The number of phenolic OH excluding ortho intramolecular Hbond substituents is 1. The number of ether oxygens (including phenoxy) is 1. The van der Waals surface area contributed by atoms with E-state index in [0.29, 0.717) is 17.7 Å². The third-order valence-corrected chi connectivity index (χ3v) is 6.02. The van der Waals surface area contributed by atoms with Gasteiger partial charge in [-0.2, -0.15) is 0 Å². The summed E-state index contributed by atoms with van der Waals surface area (Å²) < 4.78 is 6.05. The molecule has 1 radical (unpaired) electrons. The van der Waals surface area contributed by atoms with E-state index in [1.807, 2.05) is 6.07 Å². The molecule has 4 nitrogen and oxygen atoms in total. The molecule has 21 heavy (non-hydrogen) atoms. The quantitative estimate of drug-likeness (QED) is 0.762. The van der Waals surface area contributed by atoms with Crippen molar-refractivity contribution in [3.05, 3.63) is 41.5 Å². The van der Waals surface area contributed by atoms with E-state index in [2.05, 4.69) is 18.0 Å². The molecule has 1 saturated heterocycles. The molecule has 0 saturated carbocycles. The fraction of sp³-hybridized carbons (Fsp3) is 0.471. The maximum absolute atomic E-state index is 10.4. The van der Waals surface area contributed by atoms with Crippen LogP contribution in [-0.2, 0) is 11.8 Å². The number of likely N-dealkylation sites (tertiary alicyclic amines) is 1. The van der Waals surface area contributed by atoms with E-state index in [-0.39, 0.29) is 23.4 Å². The number of likely N-dealkylation sites (N-methyl/N-ethyl adjacent to an activating group) is 1. The Kier molecular flexibility index (Phi) is 2.08. The van der Waals surface area contributed by atoms with Crippen LogP contribution in [0.5, 0.6) is 11.5 Å². The summed E-state index contributed by atoms with van der Waals surface area (Å²) in [6, 6.07) is 4.19. The van der Waals surface area contributed by atoms with Crippen LogP contribution in [0.4, 0.5) is 0 Å². The predicted octanol–water partition coefficient (Wildman–Crippen LogP) is 1.74. The minimum Gasteiger partial charge on any atom is -0.504 e. The Hall–Kier alpha value is -1.52. The average Bonchev–Trinajstić information content (AvgIpc) is 2.83. The first-order valence-electron chi connectivity index (χ1n) is 7.59. The van der Waals surface area contributed by atoms with Crippen molar-refractivity contribution in [2.75, 3.05) is 13.6 Å². The number of piperidine rings is 1. The molecule has 1 aromatic rings. The zero-order valence-electron chi connectivity index (χ0n) is 11.9. The van der Waals surface area contributed by atoms with Crippen LogP contribution in [0, 0.1) is 12.0 Å². The maximum Gasteiger partial charge on any atom is 0.165 e. The smallest absolute Gasteiger partial charge is 0.165 e. The van der Waals surface area contributed by atoms with E-state index >= 15 is 0 Å². The van der Waals surface area contributed by atoms with E-state index in [1.165, 1.54) is 5.56 Å². The first-order valence-corrected chi connectivity index (χ1v) is 7.59. The Morgan fingerprint density at radius 3 is 3.05 bits per heavy atom. The Labute approximate surface area is 123 Å². The topological polar surface area (TPSA) is 52.9 Å². The number of aliphatic hydroxyl groups is 1. The molecule has 0 amide bonds. The first-order chi connectivity index (χ1) is 10.1. The van der Waals surface area contributed by atoms with Gasteiger partial charge in [-0.05, 0) is 44.1 Å². The SMILES string of the molecule is CN1CC[C@]23c4c5ccc(O)c4O[C@H]2[C](O)C=C[C@H]3[C@H]1C5. The Bertz CT molecular complexity index is 670. The molecule has 109 valence electrons. The minimum atomic E-state index is -0.342. The molecule has 2 heterocycles. The molecule has 1 aromatic carbocycles. The van der Waals surface area contributed by atoms with Crippen molar-refractivity contribution >= 4 is 0 Å². The third kappa shape index (κ3) is 1.21. The summed E-state index contributed by atoms with van der Waals surface area (Å²) in [6.07, 6.45) is 5.83. The van der Waals surface area contributed by atoms with Crippen molar-refractivity contribution < 1.29 is 14.9 Å². The number of aliphatic hydroxyl groups excluding tert-OH is 1. The number of phenols is 1. The fourth-order valence-electron chi connectivity index (χ4n) is 5.10. The van der Waals surface area contributed by atoms with E-state index in [4.69, 9.17) is 4.74 Å². The van der Waals surface area contributed by atoms with Gasteiger partial charge in [-0.1, -0.05) is 12.1 Å². The number of hydrogen-bond donors (Lipinski definition) is 2. The van der Waals surface area contributed by atoms with Gasteiger partial charge in [-0.25, -0.2) is 0 Å². The van der Waals surface area contributed by atoms with E-state index in [9.17, 15) is 10.2 Å². The van der Waals surface area contributed by atoms with E-state index < -0.39 is 0 Å². The number of benzene rings is 1. The van der Waals surface area contributed by atoms with Crippen molar-refractivity contribution in [2.24, 2.45) is 5.92 Å². The molecule has 4 atom stereocenters. The second-order valence-electron chi connectivity index (χ2n) is 6.80. The van der Waals surface area contributed by atoms with Crippen LogP contribution < -0.4 is 4.74 Å². The lowest BCUT2D eigenvalue weighted by Crippen LogP contribution is -2.63. The highest BCUT2D eigenvalue weighted by Crippen LogP contribution is 2.63. The molecular formula is C17H18NO3. The normalized spacial score (nSPS) is 40.0. The average molecular weight is 284 g/mol. The van der Waals surface area contributed by atoms with Crippen molar-refractivity contribution in [3.63, 3.8) is 0 Å². The highest BCUT2D eigenvalue weighted by molar-refractivity contribution is 5.62. The van der Waals surface area contributed by atoms with Gasteiger partial charge >= 0.3 is 0 Å². The molecular weight excluding hydrogens is 266 g/mol. The summed E-state index contributed by atoms with van der Waals surface area (Å²) >= 11 is 0. The lowest BCUT2D eigenvalue weighted by Gasteiger charge is -2.56. The van der Waals surface area contributed by atoms with Gasteiger partial charge in [0, 0.05) is 22.9 Å². The number of hydrogen-bond acceptors (Lipinski definition) is 4. The standard InChI is InChI=1S/C17H18NO3/c1-18-7-6-17-10-3-5-13(20)16(17)21-15-12(19)4-2-9(14(15)17)8-11(10)18/h2-5,10-11,16,19-20H,6-8H2,1H3/t10-,11+,16-,17-/m0/s1. The van der Waals surface area contributed by atoms with Crippen LogP contribution in [-0.4, -0.2) is 40.9 Å². The number of rotatable bonds is 0. The van der Waals surface area contributed by atoms with Crippen LogP contribution in [0.25, 0.3) is 0 Å². The molecule has 2 N–H and O–H groups in total. The fourth-order valence-corrected chi connectivity index (χ4v) is 5.10. The molecule has 2 bridgehead atoms. The highest BCUT2D eigenvalue weighted by atomic mass is 16.5. The summed E-state index contributed by atoms with van der Waals surface area (Å²) in [4.78, 5) is 2.42. The van der Waals surface area contributed by atoms with Gasteiger partial charge < -0.3 is 19.8 Å². The second-order valence-corrected chi connectivity index (χ2v) is 6.80. The molecule has 1 spiro atoms. The summed E-state index contributed by atoms with van der Waals surface area (Å²) in [6.45, 7) is 0.997. The highest BCUT2D eigenvalue weighted by Gasteiger charge is 2.64. The van der Waals surface area contributed by atoms with Gasteiger partial charge in [0.2, 0.25) is 0 Å². The van der Waals surface area contributed by atoms with Gasteiger partial charge in [-0.3, -0.25) is 0 Å². The first kappa shape index (κ1) is 12.1. The molecule has 0 aromatic heterocycles. The molecule has 2 aliphatic carbocycles.